The van der Waals surface area contributed by atoms with E-state index in [2.05, 4.69) is 25.6 Å². The Labute approximate surface area is 172 Å². The fourth-order valence-electron chi connectivity index (χ4n) is 2.84. The van der Waals surface area contributed by atoms with Crippen LogP contribution in [0.4, 0.5) is 11.4 Å². The van der Waals surface area contributed by atoms with Gasteiger partial charge in [0.25, 0.3) is 5.91 Å². The van der Waals surface area contributed by atoms with Crippen LogP contribution in [0.1, 0.15) is 47.3 Å². The first-order valence-corrected chi connectivity index (χ1v) is 9.33. The third-order valence-corrected chi connectivity index (χ3v) is 4.35. The maximum absolute atomic E-state index is 12.4. The highest BCUT2D eigenvalue weighted by molar-refractivity contribution is 5.98. The number of nitrogens with one attached hydrogen (secondary N) is 2. The minimum atomic E-state index is -2.64. The van der Waals surface area contributed by atoms with E-state index in [0.29, 0.717) is 29.0 Å². The Morgan fingerprint density at radius 1 is 1.31 bits per heavy atom. The molecule has 9 heteroatoms. The zero-order valence-electron chi connectivity index (χ0n) is 19.1. The Kier molecular flexibility index (Phi) is 4.18. The summed E-state index contributed by atoms with van der Waals surface area (Å²) in [6.45, 7) is 1.16. The standard InChI is InChI=1S/C20H23N7O2/c1-12(2)29-17-10-13(19-22-11-27(26-19)14-5-6-14)4-7-15(17)24-16-8-9-23-25-18(16)20(28)21-3/h4,7-12,14H,5-6H2,1-3H3,(H,21,28)(H,23,24)/i3D3. The van der Waals surface area contributed by atoms with Gasteiger partial charge in [-0.3, -0.25) is 4.79 Å². The number of benzene rings is 1. The second-order valence-electron chi connectivity index (χ2n) is 7.03. The van der Waals surface area contributed by atoms with Crippen LogP contribution >= 0.6 is 0 Å². The van der Waals surface area contributed by atoms with E-state index in [0.717, 1.165) is 18.4 Å². The van der Waals surface area contributed by atoms with E-state index in [9.17, 15) is 4.79 Å². The quantitative estimate of drug-likeness (QED) is 0.632. The van der Waals surface area contributed by atoms with Gasteiger partial charge in [-0.25, -0.2) is 9.67 Å². The lowest BCUT2D eigenvalue weighted by Gasteiger charge is -2.17. The molecule has 0 spiro atoms. The summed E-state index contributed by atoms with van der Waals surface area (Å²) in [4.78, 5) is 16.8. The zero-order chi connectivity index (χ0) is 22.9. The molecule has 1 aliphatic carbocycles. The van der Waals surface area contributed by atoms with E-state index in [1.807, 2.05) is 36.0 Å². The first kappa shape index (κ1) is 15.4. The zero-order valence-corrected chi connectivity index (χ0v) is 16.1. The first-order chi connectivity index (χ1) is 15.2. The molecule has 1 amide bonds. The average Bonchev–Trinajstić information content (AvgIpc) is 3.45. The molecule has 2 N–H and O–H groups in total. The summed E-state index contributed by atoms with van der Waals surface area (Å²) >= 11 is 0. The highest BCUT2D eigenvalue weighted by Crippen LogP contribution is 2.36. The van der Waals surface area contributed by atoms with Crippen molar-refractivity contribution in [2.45, 2.75) is 38.8 Å². The topological polar surface area (TPSA) is 107 Å². The molecule has 1 saturated carbocycles. The molecule has 0 atom stereocenters. The predicted octanol–water partition coefficient (Wildman–Crippen LogP) is 2.96. The van der Waals surface area contributed by atoms with Crippen LogP contribution in [0.15, 0.2) is 36.8 Å². The van der Waals surface area contributed by atoms with Crippen LogP contribution in [0.25, 0.3) is 11.4 Å². The monoisotopic (exact) mass is 396 g/mol. The number of rotatable bonds is 7. The van der Waals surface area contributed by atoms with Crippen molar-refractivity contribution in [2.24, 2.45) is 0 Å². The van der Waals surface area contributed by atoms with Crippen molar-refractivity contribution < 1.29 is 13.6 Å². The lowest BCUT2D eigenvalue weighted by atomic mass is 10.1. The second kappa shape index (κ2) is 7.86. The largest absolute Gasteiger partial charge is 0.489 e. The molecule has 0 saturated heterocycles. The number of aromatic nitrogens is 5. The number of carbonyl (C=O) groups excluding carboxylic acids is 1. The Balaban J connectivity index is 1.64. The summed E-state index contributed by atoms with van der Waals surface area (Å²) < 4.78 is 29.6. The van der Waals surface area contributed by atoms with Crippen LogP contribution in [0.5, 0.6) is 5.75 Å². The number of carbonyl (C=O) groups is 1. The smallest absolute Gasteiger partial charge is 0.273 e. The molecule has 2 heterocycles. The number of nitrogens with zero attached hydrogens (tertiary/aromatic N) is 5. The van der Waals surface area contributed by atoms with Gasteiger partial charge in [0.05, 0.1) is 29.7 Å². The van der Waals surface area contributed by atoms with Gasteiger partial charge in [-0.05, 0) is 51.0 Å². The van der Waals surface area contributed by atoms with Gasteiger partial charge in [0.15, 0.2) is 11.5 Å². The number of hydrogen-bond donors (Lipinski definition) is 2. The normalized spacial score (nSPS) is 15.3. The maximum Gasteiger partial charge on any atom is 0.273 e. The van der Waals surface area contributed by atoms with Crippen molar-refractivity contribution >= 4 is 17.3 Å². The van der Waals surface area contributed by atoms with Crippen LogP contribution in [0.3, 0.4) is 0 Å². The number of anilines is 2. The van der Waals surface area contributed by atoms with Crippen LogP contribution in [0.2, 0.25) is 0 Å². The SMILES string of the molecule is [2H]C([2H])([2H])NC(=O)c1nnccc1Nc1ccc(-c2ncn(C3CC3)n2)cc1OC(C)C. The van der Waals surface area contributed by atoms with Crippen molar-refractivity contribution in [3.63, 3.8) is 0 Å². The summed E-state index contributed by atoms with van der Waals surface area (Å²) in [5.74, 6) is 0.262. The molecule has 1 aliphatic rings. The predicted molar refractivity (Wildman–Crippen MR) is 108 cm³/mol. The van der Waals surface area contributed by atoms with Crippen LogP contribution in [-0.4, -0.2) is 43.9 Å². The summed E-state index contributed by atoms with van der Waals surface area (Å²) in [6, 6.07) is 7.43. The van der Waals surface area contributed by atoms with Gasteiger partial charge in [0.2, 0.25) is 0 Å². The molecular formula is C20H23N7O2. The van der Waals surface area contributed by atoms with Crippen molar-refractivity contribution in [2.75, 3.05) is 12.3 Å². The summed E-state index contributed by atoms with van der Waals surface area (Å²) in [7, 11) is 0. The molecule has 9 nitrogen and oxygen atoms in total. The van der Waals surface area contributed by atoms with Gasteiger partial charge in [-0.1, -0.05) is 0 Å². The van der Waals surface area contributed by atoms with Gasteiger partial charge in [0, 0.05) is 16.7 Å². The Hall–Kier alpha value is -3.49. The summed E-state index contributed by atoms with van der Waals surface area (Å²) in [5, 5.41) is 17.1. The van der Waals surface area contributed by atoms with Crippen LogP contribution < -0.4 is 15.4 Å². The third-order valence-electron chi connectivity index (χ3n) is 4.35. The molecular weight excluding hydrogens is 370 g/mol. The maximum atomic E-state index is 12.4. The van der Waals surface area contributed by atoms with E-state index >= 15 is 0 Å². The molecule has 29 heavy (non-hydrogen) atoms. The number of amides is 1. The third kappa shape index (κ3) is 4.18. The fraction of sp³-hybridized carbons (Fsp3) is 0.350. The molecule has 2 aromatic heterocycles. The molecule has 0 radical (unpaired) electrons. The molecule has 1 aromatic carbocycles. The van der Waals surface area contributed by atoms with Gasteiger partial charge in [-0.15, -0.1) is 5.10 Å². The molecule has 0 unspecified atom stereocenters. The van der Waals surface area contributed by atoms with Gasteiger partial charge < -0.3 is 15.4 Å². The van der Waals surface area contributed by atoms with Crippen molar-refractivity contribution in [3.8, 4) is 17.1 Å². The summed E-state index contributed by atoms with van der Waals surface area (Å²) in [5.41, 5.74) is 1.51. The van der Waals surface area contributed by atoms with E-state index < -0.39 is 12.9 Å². The van der Waals surface area contributed by atoms with E-state index in [1.54, 1.807) is 12.4 Å². The molecule has 0 aliphatic heterocycles. The number of hydrogen-bond acceptors (Lipinski definition) is 7. The van der Waals surface area contributed by atoms with Crippen LogP contribution in [0, 0.1) is 0 Å². The van der Waals surface area contributed by atoms with E-state index in [4.69, 9.17) is 8.85 Å². The highest BCUT2D eigenvalue weighted by Gasteiger charge is 2.25. The highest BCUT2D eigenvalue weighted by atomic mass is 16.5. The first-order valence-electron chi connectivity index (χ1n) is 10.8. The van der Waals surface area contributed by atoms with E-state index in [1.165, 1.54) is 12.3 Å². The number of ether oxygens (including phenoxy) is 1. The lowest BCUT2D eigenvalue weighted by molar-refractivity contribution is 0.0958. The van der Waals surface area contributed by atoms with Gasteiger partial charge >= 0.3 is 0 Å². The fourth-order valence-corrected chi connectivity index (χ4v) is 2.84. The van der Waals surface area contributed by atoms with E-state index in [-0.39, 0.29) is 11.8 Å². The molecule has 4 rings (SSSR count). The summed E-state index contributed by atoms with van der Waals surface area (Å²) in [6.07, 6.45) is 5.26. The molecule has 0 bridgehead atoms. The Morgan fingerprint density at radius 2 is 2.17 bits per heavy atom. The lowest BCUT2D eigenvalue weighted by Crippen LogP contribution is -2.21. The minimum absolute atomic E-state index is 0.114. The minimum Gasteiger partial charge on any atom is -0.489 e. The molecule has 3 aromatic rings. The van der Waals surface area contributed by atoms with Crippen molar-refractivity contribution in [1.29, 1.82) is 0 Å². The molecule has 1 fully saturated rings. The Bertz CT molecular complexity index is 1130. The van der Waals surface area contributed by atoms with Crippen molar-refractivity contribution in [1.82, 2.24) is 30.3 Å². The van der Waals surface area contributed by atoms with Gasteiger partial charge in [0.1, 0.15) is 12.1 Å². The molecule has 150 valence electrons. The average molecular weight is 396 g/mol. The Morgan fingerprint density at radius 3 is 2.93 bits per heavy atom. The second-order valence-corrected chi connectivity index (χ2v) is 7.03. The van der Waals surface area contributed by atoms with Crippen LogP contribution in [-0.2, 0) is 0 Å². The van der Waals surface area contributed by atoms with Crippen molar-refractivity contribution in [3.05, 3.63) is 42.5 Å². The van der Waals surface area contributed by atoms with Gasteiger partial charge in [-0.2, -0.15) is 10.2 Å².